The van der Waals surface area contributed by atoms with E-state index in [1.54, 1.807) is 0 Å². The van der Waals surface area contributed by atoms with Crippen molar-refractivity contribution in [3.05, 3.63) is 0 Å². The van der Waals surface area contributed by atoms with Gasteiger partial charge in [0.25, 0.3) is 0 Å². The van der Waals surface area contributed by atoms with Crippen molar-refractivity contribution in [1.29, 1.82) is 0 Å². The summed E-state index contributed by atoms with van der Waals surface area (Å²) in [6.45, 7) is 10.2. The third-order valence-corrected chi connectivity index (χ3v) is 9.11. The lowest BCUT2D eigenvalue weighted by Crippen LogP contribution is -2.41. The van der Waals surface area contributed by atoms with Crippen LogP contribution in [-0.2, 0) is 8.85 Å². The predicted octanol–water partition coefficient (Wildman–Crippen LogP) is 8.32. The minimum absolute atomic E-state index is 0.00916. The van der Waals surface area contributed by atoms with E-state index in [1.807, 2.05) is 0 Å². The summed E-state index contributed by atoms with van der Waals surface area (Å²) in [6.07, 6.45) is 23.9. The zero-order chi connectivity index (χ0) is 20.5. The minimum atomic E-state index is -1.38. The van der Waals surface area contributed by atoms with Crippen molar-refractivity contribution >= 4 is 9.28 Å². The van der Waals surface area contributed by atoms with E-state index in [2.05, 4.69) is 27.7 Å². The molecule has 1 heterocycles. The van der Waals surface area contributed by atoms with Gasteiger partial charge in [-0.15, -0.1) is 0 Å². The van der Waals surface area contributed by atoms with Crippen LogP contribution in [0.2, 0.25) is 6.04 Å². The van der Waals surface area contributed by atoms with E-state index in [9.17, 15) is 0 Å². The Hall–Kier alpha value is 0.137. The first-order chi connectivity index (χ1) is 13.6. The van der Waals surface area contributed by atoms with Gasteiger partial charge in [-0.25, -0.2) is 0 Å². The summed E-state index contributed by atoms with van der Waals surface area (Å²) in [5.74, 6) is 0.628. The molecule has 3 heteroatoms. The third-order valence-electron chi connectivity index (χ3n) is 6.75. The molecule has 0 aliphatic carbocycles. The monoisotopic (exact) mass is 412 g/mol. The zero-order valence-corrected chi connectivity index (χ0v) is 21.1. The molecule has 1 saturated heterocycles. The fraction of sp³-hybridized carbons (Fsp3) is 1.00. The Balaban J connectivity index is 1.89. The highest BCUT2D eigenvalue weighted by molar-refractivity contribution is 6.44. The van der Waals surface area contributed by atoms with Crippen molar-refractivity contribution in [2.75, 3.05) is 6.61 Å². The van der Waals surface area contributed by atoms with Crippen molar-refractivity contribution in [2.24, 2.45) is 5.92 Å². The Bertz CT molecular complexity index is 339. The first kappa shape index (κ1) is 26.2. The smallest absolute Gasteiger partial charge is 0.321 e. The van der Waals surface area contributed by atoms with Crippen LogP contribution >= 0.6 is 0 Å². The van der Waals surface area contributed by atoms with Crippen LogP contribution in [0.3, 0.4) is 0 Å². The average Bonchev–Trinajstić information content (AvgIpc) is 2.68. The number of unbranched alkanes of at least 4 members (excludes halogenated alkanes) is 13. The van der Waals surface area contributed by atoms with Crippen LogP contribution in [0.15, 0.2) is 0 Å². The summed E-state index contributed by atoms with van der Waals surface area (Å²) in [5, 5.41) is 0. The molecule has 0 radical (unpaired) electrons. The minimum Gasteiger partial charge on any atom is -0.397 e. The Morgan fingerprint density at radius 3 is 1.75 bits per heavy atom. The molecule has 2 atom stereocenters. The largest absolute Gasteiger partial charge is 0.397 e. The maximum absolute atomic E-state index is 6.43. The van der Waals surface area contributed by atoms with E-state index in [1.165, 1.54) is 115 Å². The van der Waals surface area contributed by atoms with E-state index < -0.39 is 9.28 Å². The predicted molar refractivity (Wildman–Crippen MR) is 126 cm³/mol. The third kappa shape index (κ3) is 13.4. The van der Waals surface area contributed by atoms with E-state index in [4.69, 9.17) is 8.85 Å². The van der Waals surface area contributed by atoms with Crippen LogP contribution in [-0.4, -0.2) is 21.5 Å². The van der Waals surface area contributed by atoms with E-state index in [-0.39, 0.29) is 5.60 Å². The molecule has 0 saturated carbocycles. The topological polar surface area (TPSA) is 18.5 Å². The molecular formula is C25H52O2Si. The second-order valence-electron chi connectivity index (χ2n) is 9.80. The quantitative estimate of drug-likeness (QED) is 0.166. The van der Waals surface area contributed by atoms with Gasteiger partial charge in [0.15, 0.2) is 0 Å². The molecule has 0 N–H and O–H groups in total. The molecule has 0 spiro atoms. The number of rotatable bonds is 18. The van der Waals surface area contributed by atoms with Gasteiger partial charge in [-0.2, -0.15) is 0 Å². The van der Waals surface area contributed by atoms with Gasteiger partial charge >= 0.3 is 9.28 Å². The lowest BCUT2D eigenvalue weighted by molar-refractivity contribution is 0.0122. The van der Waals surface area contributed by atoms with Gasteiger partial charge in [-0.05, 0) is 45.1 Å². The fourth-order valence-corrected chi connectivity index (χ4v) is 6.57. The van der Waals surface area contributed by atoms with Crippen molar-refractivity contribution in [3.63, 3.8) is 0 Å². The Labute approximate surface area is 179 Å². The highest BCUT2D eigenvalue weighted by Gasteiger charge is 2.31. The number of hydrogen-bond acceptors (Lipinski definition) is 2. The highest BCUT2D eigenvalue weighted by atomic mass is 28.3. The molecule has 28 heavy (non-hydrogen) atoms. The lowest BCUT2D eigenvalue weighted by atomic mass is 9.88. The standard InChI is InChI=1S/C25H52O2Si/c1-5-6-7-8-9-10-11-12-13-14-15-16-17-18-21-24(2)25(3,4)27-28-23-20-19-22-26-28/h24,28H,5-23H2,1-4H3. The van der Waals surface area contributed by atoms with Gasteiger partial charge in [-0.3, -0.25) is 0 Å². The first-order valence-electron chi connectivity index (χ1n) is 12.9. The summed E-state index contributed by atoms with van der Waals surface area (Å²) in [6, 6.07) is 1.20. The molecule has 0 bridgehead atoms. The molecule has 1 rings (SSSR count). The molecular weight excluding hydrogens is 360 g/mol. The Morgan fingerprint density at radius 2 is 1.29 bits per heavy atom. The van der Waals surface area contributed by atoms with Gasteiger partial charge in [0.05, 0.1) is 5.60 Å². The lowest BCUT2D eigenvalue weighted by Gasteiger charge is -2.36. The molecule has 2 unspecified atom stereocenters. The summed E-state index contributed by atoms with van der Waals surface area (Å²) in [7, 11) is -1.38. The van der Waals surface area contributed by atoms with Gasteiger partial charge in [0, 0.05) is 6.61 Å². The van der Waals surface area contributed by atoms with Crippen LogP contribution < -0.4 is 0 Å². The molecule has 1 fully saturated rings. The normalized spacial score (nSPS) is 19.1. The molecule has 0 aromatic rings. The van der Waals surface area contributed by atoms with Crippen LogP contribution in [0, 0.1) is 5.92 Å². The Kier molecular flexibility index (Phi) is 15.8. The van der Waals surface area contributed by atoms with Crippen molar-refractivity contribution in [3.8, 4) is 0 Å². The van der Waals surface area contributed by atoms with Gasteiger partial charge in [-0.1, -0.05) is 104 Å². The molecule has 0 aromatic heterocycles. The van der Waals surface area contributed by atoms with E-state index in [0.717, 1.165) is 6.61 Å². The molecule has 0 aromatic carbocycles. The van der Waals surface area contributed by atoms with Crippen LogP contribution in [0.25, 0.3) is 0 Å². The van der Waals surface area contributed by atoms with Crippen LogP contribution in [0.5, 0.6) is 0 Å². The van der Waals surface area contributed by atoms with Gasteiger partial charge in [0.2, 0.25) is 0 Å². The zero-order valence-electron chi connectivity index (χ0n) is 19.9. The molecule has 168 valence electrons. The summed E-state index contributed by atoms with van der Waals surface area (Å²) in [5.41, 5.74) is -0.00916. The average molecular weight is 413 g/mol. The van der Waals surface area contributed by atoms with E-state index in [0.29, 0.717) is 5.92 Å². The van der Waals surface area contributed by atoms with Crippen LogP contribution in [0.1, 0.15) is 137 Å². The molecule has 0 amide bonds. The SMILES string of the molecule is CCCCCCCCCCCCCCCCC(C)C(C)(C)O[SiH]1CCCCO1. The fourth-order valence-electron chi connectivity index (χ4n) is 4.25. The second-order valence-corrected chi connectivity index (χ2v) is 11.8. The maximum atomic E-state index is 6.43. The number of hydrogen-bond donors (Lipinski definition) is 0. The maximum Gasteiger partial charge on any atom is 0.321 e. The van der Waals surface area contributed by atoms with E-state index >= 15 is 0 Å². The molecule has 1 aliphatic heterocycles. The van der Waals surface area contributed by atoms with Crippen LogP contribution in [0.4, 0.5) is 0 Å². The Morgan fingerprint density at radius 1 is 0.786 bits per heavy atom. The van der Waals surface area contributed by atoms with Gasteiger partial charge in [0.1, 0.15) is 0 Å². The highest BCUT2D eigenvalue weighted by Crippen LogP contribution is 2.29. The van der Waals surface area contributed by atoms with Crippen molar-refractivity contribution in [1.82, 2.24) is 0 Å². The molecule has 1 aliphatic rings. The molecule has 2 nitrogen and oxygen atoms in total. The second kappa shape index (κ2) is 16.9. The first-order valence-corrected chi connectivity index (χ1v) is 14.6. The van der Waals surface area contributed by atoms with Crippen molar-refractivity contribution in [2.45, 2.75) is 148 Å². The summed E-state index contributed by atoms with van der Waals surface area (Å²) < 4.78 is 12.3. The van der Waals surface area contributed by atoms with Gasteiger partial charge < -0.3 is 8.85 Å². The summed E-state index contributed by atoms with van der Waals surface area (Å²) >= 11 is 0. The van der Waals surface area contributed by atoms with Crippen molar-refractivity contribution < 1.29 is 8.85 Å². The summed E-state index contributed by atoms with van der Waals surface area (Å²) in [4.78, 5) is 0.